The number of hydrogen-bond acceptors (Lipinski definition) is 4. The van der Waals surface area contributed by atoms with Crippen molar-refractivity contribution in [3.05, 3.63) is 45.7 Å². The lowest BCUT2D eigenvalue weighted by Gasteiger charge is -2.25. The lowest BCUT2D eigenvalue weighted by Crippen LogP contribution is -2.22. The molecule has 0 radical (unpaired) electrons. The van der Waals surface area contributed by atoms with Gasteiger partial charge in [0.2, 0.25) is 0 Å². The Kier molecular flexibility index (Phi) is 4.73. The number of anilines is 1. The maximum atomic E-state index is 13.8. The Morgan fingerprint density at radius 1 is 1.45 bits per heavy atom. The van der Waals surface area contributed by atoms with Crippen molar-refractivity contribution in [2.24, 2.45) is 0 Å². The van der Waals surface area contributed by atoms with E-state index in [-0.39, 0.29) is 11.9 Å². The summed E-state index contributed by atoms with van der Waals surface area (Å²) in [6.07, 6.45) is 0. The average molecular weight is 293 g/mol. The van der Waals surface area contributed by atoms with Gasteiger partial charge in [0.15, 0.2) is 0 Å². The summed E-state index contributed by atoms with van der Waals surface area (Å²) in [5, 5.41) is 5.21. The minimum Gasteiger partial charge on any atom is -0.368 e. The molecule has 0 amide bonds. The van der Waals surface area contributed by atoms with Crippen LogP contribution in [-0.4, -0.2) is 19.1 Å². The first-order valence-electron chi connectivity index (χ1n) is 6.58. The number of nitrogens with zero attached hydrogens (tertiary/aromatic N) is 2. The molecule has 0 bridgehead atoms. The molecule has 108 valence electrons. The van der Waals surface area contributed by atoms with Crippen molar-refractivity contribution < 1.29 is 4.39 Å². The van der Waals surface area contributed by atoms with Gasteiger partial charge in [0.25, 0.3) is 0 Å². The van der Waals surface area contributed by atoms with Gasteiger partial charge in [0.05, 0.1) is 17.7 Å². The number of thiazole rings is 1. The summed E-state index contributed by atoms with van der Waals surface area (Å²) in [6, 6.07) is 3.63. The van der Waals surface area contributed by atoms with Gasteiger partial charge in [-0.25, -0.2) is 9.37 Å². The fraction of sp³-hybridized carbons (Fsp3) is 0.400. The fourth-order valence-electron chi connectivity index (χ4n) is 2.16. The smallest absolute Gasteiger partial charge is 0.126 e. The maximum Gasteiger partial charge on any atom is 0.126 e. The second-order valence-corrected chi connectivity index (χ2v) is 5.73. The quantitative estimate of drug-likeness (QED) is 0.914. The van der Waals surface area contributed by atoms with E-state index in [1.807, 2.05) is 38.0 Å². The molecule has 0 aliphatic heterocycles. The topological polar surface area (TPSA) is 28.2 Å². The summed E-state index contributed by atoms with van der Waals surface area (Å²) in [5.41, 5.74) is 5.53. The number of aryl methyl sites for hydroxylation is 1. The molecule has 0 aliphatic carbocycles. The van der Waals surface area contributed by atoms with E-state index in [0.29, 0.717) is 5.56 Å². The van der Waals surface area contributed by atoms with Gasteiger partial charge in [-0.05, 0) is 44.2 Å². The van der Waals surface area contributed by atoms with E-state index in [0.717, 1.165) is 23.5 Å². The number of halogens is 1. The molecule has 2 rings (SSSR count). The molecule has 0 fully saturated rings. The largest absolute Gasteiger partial charge is 0.368 e. The second kappa shape index (κ2) is 6.33. The van der Waals surface area contributed by atoms with Crippen LogP contribution in [0.25, 0.3) is 0 Å². The van der Waals surface area contributed by atoms with Crippen molar-refractivity contribution in [1.82, 2.24) is 10.3 Å². The zero-order chi connectivity index (χ0) is 14.7. The lowest BCUT2D eigenvalue weighted by molar-refractivity contribution is 0.600. The molecule has 0 spiro atoms. The molecule has 20 heavy (non-hydrogen) atoms. The summed E-state index contributed by atoms with van der Waals surface area (Å²) >= 11 is 1.59. The minimum atomic E-state index is -0.159. The van der Waals surface area contributed by atoms with Gasteiger partial charge in [-0.15, -0.1) is 11.3 Å². The van der Waals surface area contributed by atoms with Crippen LogP contribution in [0.5, 0.6) is 0 Å². The molecule has 1 atom stereocenters. The highest BCUT2D eigenvalue weighted by Gasteiger charge is 2.16. The first-order valence-corrected chi connectivity index (χ1v) is 7.52. The van der Waals surface area contributed by atoms with Gasteiger partial charge in [0, 0.05) is 24.2 Å². The van der Waals surface area contributed by atoms with Gasteiger partial charge in [0.1, 0.15) is 5.82 Å². The number of aromatic nitrogens is 1. The molecule has 0 saturated heterocycles. The van der Waals surface area contributed by atoms with Crippen LogP contribution in [0.3, 0.4) is 0 Å². The van der Waals surface area contributed by atoms with Crippen molar-refractivity contribution in [1.29, 1.82) is 0 Å². The SMILES string of the molecule is CNC(C)c1cc(F)c(C)cc1N(C)Cc1cscn1. The summed E-state index contributed by atoms with van der Waals surface area (Å²) in [4.78, 5) is 6.42. The Bertz CT molecular complexity index is 569. The summed E-state index contributed by atoms with van der Waals surface area (Å²) in [7, 11) is 3.89. The number of hydrogen-bond donors (Lipinski definition) is 1. The van der Waals surface area contributed by atoms with Crippen LogP contribution in [-0.2, 0) is 6.54 Å². The van der Waals surface area contributed by atoms with Crippen LogP contribution in [0, 0.1) is 12.7 Å². The van der Waals surface area contributed by atoms with Crippen LogP contribution in [0.15, 0.2) is 23.0 Å². The predicted molar refractivity (Wildman–Crippen MR) is 82.8 cm³/mol. The van der Waals surface area contributed by atoms with Crippen molar-refractivity contribution in [3.63, 3.8) is 0 Å². The van der Waals surface area contributed by atoms with E-state index in [1.165, 1.54) is 0 Å². The van der Waals surface area contributed by atoms with Crippen molar-refractivity contribution >= 4 is 17.0 Å². The van der Waals surface area contributed by atoms with Crippen LogP contribution < -0.4 is 10.2 Å². The number of benzene rings is 1. The highest BCUT2D eigenvalue weighted by Crippen LogP contribution is 2.29. The van der Waals surface area contributed by atoms with E-state index >= 15 is 0 Å². The van der Waals surface area contributed by atoms with Crippen molar-refractivity contribution in [2.75, 3.05) is 19.0 Å². The third-order valence-corrected chi connectivity index (χ3v) is 4.14. The zero-order valence-electron chi connectivity index (χ0n) is 12.3. The molecule has 3 nitrogen and oxygen atoms in total. The van der Waals surface area contributed by atoms with Crippen LogP contribution in [0.1, 0.15) is 29.8 Å². The molecule has 2 aromatic rings. The van der Waals surface area contributed by atoms with E-state index < -0.39 is 0 Å². The third kappa shape index (κ3) is 3.16. The van der Waals surface area contributed by atoms with E-state index in [9.17, 15) is 4.39 Å². The third-order valence-electron chi connectivity index (χ3n) is 3.50. The number of nitrogens with one attached hydrogen (secondary N) is 1. The Morgan fingerprint density at radius 2 is 2.20 bits per heavy atom. The fourth-order valence-corrected chi connectivity index (χ4v) is 2.71. The van der Waals surface area contributed by atoms with Crippen LogP contribution in [0.2, 0.25) is 0 Å². The zero-order valence-corrected chi connectivity index (χ0v) is 13.1. The van der Waals surface area contributed by atoms with Gasteiger partial charge >= 0.3 is 0 Å². The second-order valence-electron chi connectivity index (χ2n) is 5.01. The summed E-state index contributed by atoms with van der Waals surface area (Å²) < 4.78 is 13.8. The van der Waals surface area contributed by atoms with Gasteiger partial charge in [-0.3, -0.25) is 0 Å². The standard InChI is InChI=1S/C15H20FN3S/c1-10-5-15(13(6-14(10)16)11(2)17-3)19(4)7-12-8-20-9-18-12/h5-6,8-9,11,17H,7H2,1-4H3. The molecule has 1 aromatic carbocycles. The summed E-state index contributed by atoms with van der Waals surface area (Å²) in [6.45, 7) is 4.55. The molecule has 5 heteroatoms. The minimum absolute atomic E-state index is 0.0954. The highest BCUT2D eigenvalue weighted by molar-refractivity contribution is 7.07. The normalized spacial score (nSPS) is 12.4. The Balaban J connectivity index is 2.35. The van der Waals surface area contributed by atoms with Crippen LogP contribution >= 0.6 is 11.3 Å². The van der Waals surface area contributed by atoms with E-state index in [1.54, 1.807) is 24.3 Å². The Labute approximate surface area is 123 Å². The predicted octanol–water partition coefficient (Wildman–Crippen LogP) is 3.51. The highest BCUT2D eigenvalue weighted by atomic mass is 32.1. The van der Waals surface area contributed by atoms with Gasteiger partial charge in [-0.1, -0.05) is 0 Å². The van der Waals surface area contributed by atoms with Crippen LogP contribution in [0.4, 0.5) is 10.1 Å². The lowest BCUT2D eigenvalue weighted by atomic mass is 10.0. The first kappa shape index (κ1) is 14.9. The molecular weight excluding hydrogens is 273 g/mol. The molecular formula is C15H20FN3S. The molecule has 1 N–H and O–H groups in total. The average Bonchev–Trinajstić information content (AvgIpc) is 2.93. The molecule has 1 unspecified atom stereocenters. The Hall–Kier alpha value is -1.46. The first-order chi connectivity index (χ1) is 9.52. The van der Waals surface area contributed by atoms with Crippen molar-refractivity contribution in [2.45, 2.75) is 26.4 Å². The van der Waals surface area contributed by atoms with Gasteiger partial charge < -0.3 is 10.2 Å². The molecule has 1 aromatic heterocycles. The van der Waals surface area contributed by atoms with Gasteiger partial charge in [-0.2, -0.15) is 0 Å². The molecule has 1 heterocycles. The molecule has 0 saturated carbocycles. The Morgan fingerprint density at radius 3 is 2.80 bits per heavy atom. The van der Waals surface area contributed by atoms with E-state index in [4.69, 9.17) is 0 Å². The van der Waals surface area contributed by atoms with E-state index in [2.05, 4.69) is 15.2 Å². The molecule has 0 aliphatic rings. The maximum absolute atomic E-state index is 13.8. The number of rotatable bonds is 5. The summed E-state index contributed by atoms with van der Waals surface area (Å²) in [5.74, 6) is -0.159. The van der Waals surface area contributed by atoms with Crippen molar-refractivity contribution in [3.8, 4) is 0 Å². The monoisotopic (exact) mass is 293 g/mol.